The maximum Gasteiger partial charge on any atom is 0.272 e. The Morgan fingerprint density at radius 1 is 1.22 bits per heavy atom. The van der Waals surface area contributed by atoms with E-state index >= 15 is 0 Å². The molecule has 136 valence electrons. The molecule has 1 amide bonds. The van der Waals surface area contributed by atoms with E-state index in [1.165, 1.54) is 6.20 Å². The average Bonchev–Trinajstić information content (AvgIpc) is 2.73. The summed E-state index contributed by atoms with van der Waals surface area (Å²) in [4.78, 5) is 20.2. The number of nitrogens with zero attached hydrogens (tertiary/aromatic N) is 3. The van der Waals surface area contributed by atoms with E-state index in [1.54, 1.807) is 49.6 Å². The predicted molar refractivity (Wildman–Crippen MR) is 106 cm³/mol. The van der Waals surface area contributed by atoms with E-state index in [1.807, 2.05) is 36.4 Å². The summed E-state index contributed by atoms with van der Waals surface area (Å²) < 4.78 is 5.43. The molecule has 0 radical (unpaired) electrons. The van der Waals surface area contributed by atoms with E-state index in [-0.39, 0.29) is 5.91 Å². The van der Waals surface area contributed by atoms with Gasteiger partial charge in [-0.1, -0.05) is 6.07 Å². The number of amides is 1. The second-order valence-electron chi connectivity index (χ2n) is 5.47. The lowest BCUT2D eigenvalue weighted by molar-refractivity contribution is 0.0955. The van der Waals surface area contributed by atoms with E-state index in [2.05, 4.69) is 20.5 Å². The molecule has 0 saturated heterocycles. The topological polar surface area (TPSA) is 76.5 Å². The van der Waals surface area contributed by atoms with Crippen molar-refractivity contribution in [2.75, 3.05) is 7.11 Å². The Labute approximate surface area is 161 Å². The molecule has 0 saturated carbocycles. The van der Waals surface area contributed by atoms with Crippen molar-refractivity contribution in [3.05, 3.63) is 83.8 Å². The molecule has 2 aromatic heterocycles. The van der Waals surface area contributed by atoms with Gasteiger partial charge in [-0.15, -0.1) is 11.8 Å². The van der Waals surface area contributed by atoms with E-state index in [0.717, 1.165) is 21.9 Å². The maximum atomic E-state index is 12.0. The van der Waals surface area contributed by atoms with Gasteiger partial charge in [0.1, 0.15) is 5.75 Å². The number of rotatable bonds is 7. The summed E-state index contributed by atoms with van der Waals surface area (Å²) in [6.07, 6.45) is 6.48. The summed E-state index contributed by atoms with van der Waals surface area (Å²) in [5.41, 5.74) is 4.84. The highest BCUT2D eigenvalue weighted by atomic mass is 32.2. The number of nitrogens with one attached hydrogen (secondary N) is 1. The molecular weight excluding hydrogens is 360 g/mol. The number of hydrogen-bond donors (Lipinski definition) is 1. The Morgan fingerprint density at radius 3 is 2.89 bits per heavy atom. The Hall–Kier alpha value is -3.19. The first-order valence-corrected chi connectivity index (χ1v) is 9.19. The third-order valence-electron chi connectivity index (χ3n) is 3.62. The normalized spacial score (nSPS) is 10.7. The molecule has 6 nitrogen and oxygen atoms in total. The van der Waals surface area contributed by atoms with Crippen LogP contribution in [0, 0.1) is 0 Å². The van der Waals surface area contributed by atoms with Gasteiger partial charge >= 0.3 is 0 Å². The molecule has 0 aliphatic rings. The van der Waals surface area contributed by atoms with Crippen LogP contribution in [-0.4, -0.2) is 29.2 Å². The van der Waals surface area contributed by atoms with Gasteiger partial charge in [0.15, 0.2) is 0 Å². The molecule has 0 spiro atoms. The highest BCUT2D eigenvalue weighted by molar-refractivity contribution is 7.98. The van der Waals surface area contributed by atoms with Crippen LogP contribution in [-0.2, 0) is 5.75 Å². The van der Waals surface area contributed by atoms with Gasteiger partial charge in [0.2, 0.25) is 0 Å². The Morgan fingerprint density at radius 2 is 2.15 bits per heavy atom. The largest absolute Gasteiger partial charge is 0.496 e. The van der Waals surface area contributed by atoms with Crippen molar-refractivity contribution >= 4 is 23.9 Å². The van der Waals surface area contributed by atoms with Gasteiger partial charge in [0.05, 0.1) is 23.9 Å². The first-order chi connectivity index (χ1) is 13.3. The number of aromatic nitrogens is 2. The van der Waals surface area contributed by atoms with E-state index < -0.39 is 0 Å². The SMILES string of the molecule is COc1ccc(/C=N/NC(=O)c2cccnc2)cc1CSc1ccccn1. The second kappa shape index (κ2) is 9.49. The molecule has 0 unspecified atom stereocenters. The van der Waals surface area contributed by atoms with Crippen molar-refractivity contribution < 1.29 is 9.53 Å². The number of hydrazone groups is 1. The summed E-state index contributed by atoms with van der Waals surface area (Å²) >= 11 is 1.63. The molecule has 3 aromatic rings. The van der Waals surface area contributed by atoms with Crippen LogP contribution in [0.15, 0.2) is 77.2 Å². The van der Waals surface area contributed by atoms with Gasteiger partial charge in [-0.25, -0.2) is 10.4 Å². The molecule has 2 heterocycles. The third-order valence-corrected chi connectivity index (χ3v) is 4.61. The van der Waals surface area contributed by atoms with Crippen molar-refractivity contribution in [2.24, 2.45) is 5.10 Å². The Kier molecular flexibility index (Phi) is 6.54. The number of methoxy groups -OCH3 is 1. The Bertz CT molecular complexity index is 918. The first-order valence-electron chi connectivity index (χ1n) is 8.20. The predicted octanol–water partition coefficient (Wildman–Crippen LogP) is 3.54. The van der Waals surface area contributed by atoms with E-state index in [9.17, 15) is 4.79 Å². The molecule has 0 bridgehead atoms. The second-order valence-corrected chi connectivity index (χ2v) is 6.46. The summed E-state index contributed by atoms with van der Waals surface area (Å²) in [6, 6.07) is 14.9. The summed E-state index contributed by atoms with van der Waals surface area (Å²) in [5, 5.41) is 4.97. The smallest absolute Gasteiger partial charge is 0.272 e. The van der Waals surface area contributed by atoms with Crippen LogP contribution in [0.3, 0.4) is 0 Å². The molecule has 0 atom stereocenters. The fraction of sp³-hybridized carbons (Fsp3) is 0.100. The van der Waals surface area contributed by atoms with Crippen LogP contribution in [0.2, 0.25) is 0 Å². The van der Waals surface area contributed by atoms with Crippen LogP contribution in [0.25, 0.3) is 0 Å². The molecule has 3 rings (SSSR count). The zero-order valence-electron chi connectivity index (χ0n) is 14.7. The summed E-state index contributed by atoms with van der Waals surface area (Å²) in [6.45, 7) is 0. The molecule has 7 heteroatoms. The fourth-order valence-corrected chi connectivity index (χ4v) is 3.14. The number of thioether (sulfide) groups is 1. The van der Waals surface area contributed by atoms with Crippen LogP contribution < -0.4 is 10.2 Å². The van der Waals surface area contributed by atoms with Crippen molar-refractivity contribution in [1.29, 1.82) is 0 Å². The van der Waals surface area contributed by atoms with Gasteiger partial charge in [-0.3, -0.25) is 9.78 Å². The quantitative estimate of drug-likeness (QED) is 0.387. The van der Waals surface area contributed by atoms with Crippen molar-refractivity contribution in [1.82, 2.24) is 15.4 Å². The summed E-state index contributed by atoms with van der Waals surface area (Å²) in [7, 11) is 1.64. The maximum absolute atomic E-state index is 12.0. The number of ether oxygens (including phenoxy) is 1. The molecule has 27 heavy (non-hydrogen) atoms. The highest BCUT2D eigenvalue weighted by Crippen LogP contribution is 2.27. The van der Waals surface area contributed by atoms with Crippen LogP contribution in [0.4, 0.5) is 0 Å². The average molecular weight is 378 g/mol. The minimum Gasteiger partial charge on any atom is -0.496 e. The van der Waals surface area contributed by atoms with Crippen LogP contribution in [0.5, 0.6) is 5.75 Å². The lowest BCUT2D eigenvalue weighted by Crippen LogP contribution is -2.17. The molecule has 0 aliphatic carbocycles. The minimum absolute atomic E-state index is 0.307. The first kappa shape index (κ1) is 18.6. The van der Waals surface area contributed by atoms with Crippen molar-refractivity contribution in [3.63, 3.8) is 0 Å². The molecule has 0 fully saturated rings. The minimum atomic E-state index is -0.307. The number of hydrogen-bond acceptors (Lipinski definition) is 6. The van der Waals surface area contributed by atoms with E-state index in [4.69, 9.17) is 4.74 Å². The molecular formula is C20H18N4O2S. The number of carbonyl (C=O) groups excluding carboxylic acids is 1. The standard InChI is InChI=1S/C20H18N4O2S/c1-26-18-8-7-15(11-17(18)14-27-19-6-2-3-10-22-19)12-23-24-20(25)16-5-4-9-21-13-16/h2-13H,14H2,1H3,(H,24,25)/b23-12+. The zero-order chi connectivity index (χ0) is 18.9. The van der Waals surface area contributed by atoms with Gasteiger partial charge in [0.25, 0.3) is 5.91 Å². The lowest BCUT2D eigenvalue weighted by Gasteiger charge is -2.09. The zero-order valence-corrected chi connectivity index (χ0v) is 15.5. The van der Waals surface area contributed by atoms with E-state index in [0.29, 0.717) is 11.3 Å². The molecule has 1 aromatic carbocycles. The third kappa shape index (κ3) is 5.39. The van der Waals surface area contributed by atoms with Crippen LogP contribution in [0.1, 0.15) is 21.5 Å². The number of benzene rings is 1. The number of pyridine rings is 2. The molecule has 1 N–H and O–H groups in total. The lowest BCUT2D eigenvalue weighted by atomic mass is 10.1. The number of carbonyl (C=O) groups is 1. The van der Waals surface area contributed by atoms with Crippen molar-refractivity contribution in [3.8, 4) is 5.75 Å². The van der Waals surface area contributed by atoms with Crippen LogP contribution >= 0.6 is 11.8 Å². The van der Waals surface area contributed by atoms with Gasteiger partial charge < -0.3 is 4.74 Å². The monoisotopic (exact) mass is 378 g/mol. The summed E-state index contributed by atoms with van der Waals surface area (Å²) in [5.74, 6) is 1.21. The van der Waals surface area contributed by atoms with Gasteiger partial charge in [-0.2, -0.15) is 5.10 Å². The Balaban J connectivity index is 1.66. The van der Waals surface area contributed by atoms with Crippen molar-refractivity contribution in [2.45, 2.75) is 10.8 Å². The van der Waals surface area contributed by atoms with Gasteiger partial charge in [-0.05, 0) is 48.0 Å². The van der Waals surface area contributed by atoms with Gasteiger partial charge in [0, 0.05) is 29.9 Å². The highest BCUT2D eigenvalue weighted by Gasteiger charge is 2.06. The fourth-order valence-electron chi connectivity index (χ4n) is 2.30. The molecule has 0 aliphatic heterocycles.